The minimum Gasteiger partial charge on any atom is -0.388 e. The standard InChI is InChI=1S/C33H36N4O3/c38-31-29(21-25-13-5-1-6-14-25)36(34-23-27-17-9-3-10-18-27)33(40)37(35-24-28-19-11-4-12-20-28)30(32(31)39)22-26-15-7-2-8-16-26/h1-20,29-32,34-35,38-39H,21-24H2/t29-,30-,31+,32+/m1/s1. The molecule has 0 spiro atoms. The first-order chi connectivity index (χ1) is 19.6. The number of amides is 2. The third-order valence-corrected chi connectivity index (χ3v) is 7.38. The molecule has 7 nitrogen and oxygen atoms in total. The molecule has 4 atom stereocenters. The highest BCUT2D eigenvalue weighted by Gasteiger charge is 2.46. The van der Waals surface area contributed by atoms with E-state index in [9.17, 15) is 15.0 Å². The third-order valence-electron chi connectivity index (χ3n) is 7.38. The van der Waals surface area contributed by atoms with Gasteiger partial charge in [-0.25, -0.2) is 15.6 Å². The molecule has 5 rings (SSSR count). The topological polar surface area (TPSA) is 88.1 Å². The zero-order valence-corrected chi connectivity index (χ0v) is 22.4. The molecule has 40 heavy (non-hydrogen) atoms. The Balaban J connectivity index is 1.50. The summed E-state index contributed by atoms with van der Waals surface area (Å²) in [5.74, 6) is 0. The van der Waals surface area contributed by atoms with Crippen LogP contribution in [0.1, 0.15) is 22.3 Å². The summed E-state index contributed by atoms with van der Waals surface area (Å²) >= 11 is 0. The first-order valence-electron chi connectivity index (χ1n) is 13.7. The number of urea groups is 1. The molecule has 4 aromatic rings. The number of carbonyl (C=O) groups excluding carboxylic acids is 1. The number of aliphatic hydroxyl groups is 2. The van der Waals surface area contributed by atoms with Crippen LogP contribution in [0.25, 0.3) is 0 Å². The van der Waals surface area contributed by atoms with Crippen LogP contribution in [0.4, 0.5) is 4.79 Å². The van der Waals surface area contributed by atoms with Gasteiger partial charge in [0.25, 0.3) is 0 Å². The number of rotatable bonds is 10. The van der Waals surface area contributed by atoms with Gasteiger partial charge in [0.05, 0.1) is 12.1 Å². The Morgan fingerprint density at radius 3 is 1.12 bits per heavy atom. The maximum absolute atomic E-state index is 14.4. The van der Waals surface area contributed by atoms with Crippen molar-refractivity contribution in [3.8, 4) is 0 Å². The smallest absolute Gasteiger partial charge is 0.349 e. The van der Waals surface area contributed by atoms with Crippen LogP contribution in [-0.2, 0) is 25.9 Å². The summed E-state index contributed by atoms with van der Waals surface area (Å²) in [6.07, 6.45) is -1.66. The van der Waals surface area contributed by atoms with E-state index in [1.165, 1.54) is 10.0 Å². The molecule has 0 aromatic heterocycles. The zero-order chi connectivity index (χ0) is 27.7. The Morgan fingerprint density at radius 1 is 0.500 bits per heavy atom. The minimum atomic E-state index is -1.20. The first kappa shape index (κ1) is 27.6. The van der Waals surface area contributed by atoms with Gasteiger partial charge in [-0.15, -0.1) is 0 Å². The van der Waals surface area contributed by atoms with Crippen LogP contribution in [0.15, 0.2) is 121 Å². The number of hydrogen-bond donors (Lipinski definition) is 4. The Hall–Kier alpha value is -4.01. The van der Waals surface area contributed by atoms with Gasteiger partial charge in [0, 0.05) is 13.1 Å². The van der Waals surface area contributed by atoms with Crippen LogP contribution in [-0.4, -0.2) is 50.6 Å². The fourth-order valence-electron chi connectivity index (χ4n) is 5.21. The normalized spacial score (nSPS) is 21.3. The quantitative estimate of drug-likeness (QED) is 0.245. The number of carbonyl (C=O) groups is 1. The molecular weight excluding hydrogens is 500 g/mol. The maximum atomic E-state index is 14.4. The van der Waals surface area contributed by atoms with E-state index in [1.54, 1.807) is 0 Å². The zero-order valence-electron chi connectivity index (χ0n) is 22.4. The van der Waals surface area contributed by atoms with Crippen molar-refractivity contribution in [2.45, 2.75) is 50.2 Å². The summed E-state index contributed by atoms with van der Waals surface area (Å²) in [5, 5.41) is 26.3. The molecule has 1 aliphatic heterocycles. The fraction of sp³-hybridized carbons (Fsp3) is 0.242. The van der Waals surface area contributed by atoms with Crippen LogP contribution >= 0.6 is 0 Å². The molecule has 0 bridgehead atoms. The summed E-state index contributed by atoms with van der Waals surface area (Å²) in [7, 11) is 0. The van der Waals surface area contributed by atoms with Crippen LogP contribution in [0.2, 0.25) is 0 Å². The average molecular weight is 537 g/mol. The second-order valence-electron chi connectivity index (χ2n) is 10.2. The van der Waals surface area contributed by atoms with E-state index in [-0.39, 0.29) is 6.03 Å². The van der Waals surface area contributed by atoms with Gasteiger partial charge in [-0.3, -0.25) is 10.0 Å². The largest absolute Gasteiger partial charge is 0.388 e. The number of benzene rings is 4. The monoisotopic (exact) mass is 536 g/mol. The van der Waals surface area contributed by atoms with Gasteiger partial charge < -0.3 is 10.2 Å². The van der Waals surface area contributed by atoms with Gasteiger partial charge in [-0.05, 0) is 35.1 Å². The molecule has 206 valence electrons. The van der Waals surface area contributed by atoms with E-state index >= 15 is 0 Å². The lowest BCUT2D eigenvalue weighted by Gasteiger charge is -2.35. The number of nitrogens with one attached hydrogen (secondary N) is 2. The molecule has 1 fully saturated rings. The summed E-state index contributed by atoms with van der Waals surface area (Å²) in [6, 6.07) is 37.3. The van der Waals surface area contributed by atoms with Crippen LogP contribution in [0.5, 0.6) is 0 Å². The van der Waals surface area contributed by atoms with Crippen LogP contribution in [0.3, 0.4) is 0 Å². The van der Waals surface area contributed by atoms with Crippen molar-refractivity contribution in [1.82, 2.24) is 20.9 Å². The molecule has 0 saturated carbocycles. The van der Waals surface area contributed by atoms with Crippen molar-refractivity contribution in [2.24, 2.45) is 0 Å². The van der Waals surface area contributed by atoms with E-state index in [4.69, 9.17) is 0 Å². The molecule has 2 amide bonds. The summed E-state index contributed by atoms with van der Waals surface area (Å²) in [5.41, 5.74) is 10.5. The lowest BCUT2D eigenvalue weighted by molar-refractivity contribution is -0.0485. The van der Waals surface area contributed by atoms with E-state index < -0.39 is 24.3 Å². The van der Waals surface area contributed by atoms with Crippen molar-refractivity contribution in [2.75, 3.05) is 0 Å². The maximum Gasteiger partial charge on any atom is 0.349 e. The summed E-state index contributed by atoms with van der Waals surface area (Å²) in [6.45, 7) is 0.771. The number of aliphatic hydroxyl groups excluding tert-OH is 2. The Bertz CT molecular complexity index is 1220. The average Bonchev–Trinajstić information content (AvgIpc) is 3.07. The third kappa shape index (κ3) is 6.76. The SMILES string of the molecule is O=C1N(NCc2ccccc2)[C@H](Cc2ccccc2)[C@H](O)[C@@H](O)[C@@H](Cc2ccccc2)N1NCc1ccccc1. The van der Waals surface area contributed by atoms with Gasteiger partial charge in [0.15, 0.2) is 0 Å². The molecular formula is C33H36N4O3. The van der Waals surface area contributed by atoms with Crippen molar-refractivity contribution < 1.29 is 15.0 Å². The molecule has 0 radical (unpaired) electrons. The van der Waals surface area contributed by atoms with Gasteiger partial charge in [-0.1, -0.05) is 121 Å². The molecule has 4 N–H and O–H groups in total. The molecule has 0 unspecified atom stereocenters. The molecule has 0 aliphatic carbocycles. The molecule has 1 aliphatic rings. The summed E-state index contributed by atoms with van der Waals surface area (Å²) in [4.78, 5) is 14.4. The highest BCUT2D eigenvalue weighted by Crippen LogP contribution is 2.26. The second-order valence-corrected chi connectivity index (χ2v) is 10.2. The van der Waals surface area contributed by atoms with Crippen LogP contribution < -0.4 is 10.9 Å². The van der Waals surface area contributed by atoms with Crippen molar-refractivity contribution in [3.63, 3.8) is 0 Å². The Labute approximate surface area is 235 Å². The van der Waals surface area contributed by atoms with Gasteiger partial charge in [-0.2, -0.15) is 0 Å². The number of nitrogens with zero attached hydrogens (tertiary/aromatic N) is 2. The van der Waals surface area contributed by atoms with Gasteiger partial charge in [0.1, 0.15) is 12.2 Å². The van der Waals surface area contributed by atoms with E-state index in [0.717, 1.165) is 22.3 Å². The predicted octanol–water partition coefficient (Wildman–Crippen LogP) is 4.08. The minimum absolute atomic E-state index is 0.357. The van der Waals surface area contributed by atoms with Crippen molar-refractivity contribution in [1.29, 1.82) is 0 Å². The Kier molecular flexibility index (Phi) is 9.21. The van der Waals surface area contributed by atoms with E-state index in [2.05, 4.69) is 10.9 Å². The van der Waals surface area contributed by atoms with E-state index in [0.29, 0.717) is 25.9 Å². The molecule has 7 heteroatoms. The lowest BCUT2D eigenvalue weighted by Crippen LogP contribution is -2.59. The predicted molar refractivity (Wildman–Crippen MR) is 156 cm³/mol. The van der Waals surface area contributed by atoms with Crippen molar-refractivity contribution in [3.05, 3.63) is 144 Å². The second kappa shape index (κ2) is 13.4. The first-order valence-corrected chi connectivity index (χ1v) is 13.7. The fourth-order valence-corrected chi connectivity index (χ4v) is 5.21. The Morgan fingerprint density at radius 2 is 0.800 bits per heavy atom. The molecule has 4 aromatic carbocycles. The molecule has 1 heterocycles. The summed E-state index contributed by atoms with van der Waals surface area (Å²) < 4.78 is 0. The lowest BCUT2D eigenvalue weighted by atomic mass is 9.92. The number of hydrogen-bond acceptors (Lipinski definition) is 5. The van der Waals surface area contributed by atoms with Gasteiger partial charge in [0.2, 0.25) is 0 Å². The molecule has 1 saturated heterocycles. The van der Waals surface area contributed by atoms with Crippen molar-refractivity contribution >= 4 is 6.03 Å². The van der Waals surface area contributed by atoms with Crippen LogP contribution in [0, 0.1) is 0 Å². The van der Waals surface area contributed by atoms with Gasteiger partial charge >= 0.3 is 6.03 Å². The highest BCUT2D eigenvalue weighted by atomic mass is 16.3. The number of hydrazine groups is 2. The highest BCUT2D eigenvalue weighted by molar-refractivity contribution is 5.75. The van der Waals surface area contributed by atoms with E-state index in [1.807, 2.05) is 121 Å².